The van der Waals surface area contributed by atoms with Crippen LogP contribution in [0.25, 0.3) is 11.1 Å². The van der Waals surface area contributed by atoms with Crippen molar-refractivity contribution in [3.8, 4) is 16.9 Å². The minimum absolute atomic E-state index is 0.114. The minimum Gasteiger partial charge on any atom is -0.507 e. The zero-order valence-electron chi connectivity index (χ0n) is 8.35. The fourth-order valence-corrected chi connectivity index (χ4v) is 1.89. The molecule has 0 amide bonds. The first-order valence-electron chi connectivity index (χ1n) is 4.62. The molecule has 0 unspecified atom stereocenters. The van der Waals surface area contributed by atoms with Gasteiger partial charge in [-0.1, -0.05) is 23.2 Å². The van der Waals surface area contributed by atoms with Crippen LogP contribution >= 0.6 is 23.2 Å². The first kappa shape index (κ1) is 12.1. The highest BCUT2D eigenvalue weighted by Crippen LogP contribution is 2.37. The van der Waals surface area contributed by atoms with Gasteiger partial charge in [-0.3, -0.25) is 0 Å². The molecule has 5 heteroatoms. The fraction of sp³-hybridized carbons (Fsp3) is 0. The molecule has 0 aliphatic carbocycles. The molecule has 2 aromatic rings. The Morgan fingerprint density at radius 2 is 1.59 bits per heavy atom. The van der Waals surface area contributed by atoms with Gasteiger partial charge in [0.1, 0.15) is 17.4 Å². The summed E-state index contributed by atoms with van der Waals surface area (Å²) < 4.78 is 25.9. The maximum atomic E-state index is 13.1. The fourth-order valence-electron chi connectivity index (χ4n) is 1.46. The molecule has 0 aliphatic rings. The predicted octanol–water partition coefficient (Wildman–Crippen LogP) is 4.64. The lowest BCUT2D eigenvalue weighted by molar-refractivity contribution is 0.471. The number of aromatic hydroxyl groups is 1. The Labute approximate surface area is 106 Å². The zero-order chi connectivity index (χ0) is 12.6. The van der Waals surface area contributed by atoms with Gasteiger partial charge in [0, 0.05) is 17.2 Å². The molecule has 0 saturated heterocycles. The van der Waals surface area contributed by atoms with Crippen LogP contribution < -0.4 is 0 Å². The highest BCUT2D eigenvalue weighted by Gasteiger charge is 2.12. The van der Waals surface area contributed by atoms with Crippen molar-refractivity contribution in [1.29, 1.82) is 0 Å². The predicted molar refractivity (Wildman–Crippen MR) is 63.5 cm³/mol. The van der Waals surface area contributed by atoms with Gasteiger partial charge < -0.3 is 5.11 Å². The number of halogens is 4. The van der Waals surface area contributed by atoms with Crippen molar-refractivity contribution in [2.45, 2.75) is 0 Å². The molecule has 0 heterocycles. The van der Waals surface area contributed by atoms with Crippen molar-refractivity contribution in [2.24, 2.45) is 0 Å². The molecular weight excluding hydrogens is 269 g/mol. The van der Waals surface area contributed by atoms with Crippen molar-refractivity contribution in [2.75, 3.05) is 0 Å². The molecule has 2 aromatic carbocycles. The molecular formula is C12H6Cl2F2O. The Hall–Kier alpha value is -1.32. The average molecular weight is 275 g/mol. The number of hydrogen-bond donors (Lipinski definition) is 1. The molecule has 0 aliphatic heterocycles. The lowest BCUT2D eigenvalue weighted by atomic mass is 10.0. The van der Waals surface area contributed by atoms with Gasteiger partial charge in [-0.15, -0.1) is 0 Å². The lowest BCUT2D eigenvalue weighted by Gasteiger charge is -2.08. The number of phenolic OH excluding ortho intramolecular Hbond substituents is 1. The van der Waals surface area contributed by atoms with Crippen molar-refractivity contribution in [3.05, 3.63) is 52.0 Å². The van der Waals surface area contributed by atoms with E-state index in [1.165, 1.54) is 18.2 Å². The maximum Gasteiger partial charge on any atom is 0.145 e. The van der Waals surface area contributed by atoms with Gasteiger partial charge in [-0.05, 0) is 24.3 Å². The molecule has 0 fully saturated rings. The third-order valence-corrected chi connectivity index (χ3v) is 2.86. The zero-order valence-corrected chi connectivity index (χ0v) is 9.86. The highest BCUT2D eigenvalue weighted by atomic mass is 35.5. The van der Waals surface area contributed by atoms with Crippen LogP contribution in [0, 0.1) is 11.6 Å². The summed E-state index contributed by atoms with van der Waals surface area (Å²) in [4.78, 5) is 0. The van der Waals surface area contributed by atoms with Crippen LogP contribution in [0.15, 0.2) is 30.3 Å². The Morgan fingerprint density at radius 3 is 2.24 bits per heavy atom. The van der Waals surface area contributed by atoms with Crippen molar-refractivity contribution in [1.82, 2.24) is 0 Å². The largest absolute Gasteiger partial charge is 0.507 e. The normalized spacial score (nSPS) is 10.6. The second kappa shape index (κ2) is 4.51. The Balaban J connectivity index is 2.64. The van der Waals surface area contributed by atoms with Crippen LogP contribution in [0.1, 0.15) is 0 Å². The number of benzene rings is 2. The van der Waals surface area contributed by atoms with E-state index < -0.39 is 11.6 Å². The standard InChI is InChI=1S/C12H6Cl2F2O/c13-9-3-6(15)1-2-7(9)8-4-10(14)11(16)5-12(8)17/h1-5,17H. The van der Waals surface area contributed by atoms with E-state index in [4.69, 9.17) is 23.2 Å². The van der Waals surface area contributed by atoms with Crippen LogP contribution in [-0.4, -0.2) is 5.11 Å². The summed E-state index contributed by atoms with van der Waals surface area (Å²) in [6, 6.07) is 5.81. The van der Waals surface area contributed by atoms with E-state index in [1.54, 1.807) is 0 Å². The van der Waals surface area contributed by atoms with Crippen LogP contribution in [0.4, 0.5) is 8.78 Å². The second-order valence-electron chi connectivity index (χ2n) is 3.41. The monoisotopic (exact) mass is 274 g/mol. The third-order valence-electron chi connectivity index (χ3n) is 2.26. The first-order chi connectivity index (χ1) is 7.99. The van der Waals surface area contributed by atoms with Gasteiger partial charge in [-0.25, -0.2) is 8.78 Å². The summed E-state index contributed by atoms with van der Waals surface area (Å²) in [5, 5.41) is 9.59. The van der Waals surface area contributed by atoms with Crippen molar-refractivity contribution in [3.63, 3.8) is 0 Å². The van der Waals surface area contributed by atoms with E-state index in [-0.39, 0.29) is 21.4 Å². The average Bonchev–Trinajstić information content (AvgIpc) is 2.24. The molecule has 0 bridgehead atoms. The van der Waals surface area contributed by atoms with Crippen molar-refractivity contribution < 1.29 is 13.9 Å². The Morgan fingerprint density at radius 1 is 0.882 bits per heavy atom. The summed E-state index contributed by atoms with van der Waals surface area (Å²) in [6.45, 7) is 0. The van der Waals surface area contributed by atoms with Gasteiger partial charge in [0.05, 0.1) is 10.0 Å². The molecule has 1 N–H and O–H groups in total. The Bertz CT molecular complexity index is 585. The van der Waals surface area contributed by atoms with Gasteiger partial charge in [0.15, 0.2) is 0 Å². The summed E-state index contributed by atoms with van der Waals surface area (Å²) in [7, 11) is 0. The smallest absolute Gasteiger partial charge is 0.145 e. The number of hydrogen-bond acceptors (Lipinski definition) is 1. The first-order valence-corrected chi connectivity index (χ1v) is 5.38. The lowest BCUT2D eigenvalue weighted by Crippen LogP contribution is -1.85. The van der Waals surface area contributed by atoms with E-state index in [2.05, 4.69) is 0 Å². The summed E-state index contributed by atoms with van der Waals surface area (Å²) in [5.74, 6) is -1.53. The molecule has 0 radical (unpaired) electrons. The van der Waals surface area contributed by atoms with Crippen LogP contribution in [0.2, 0.25) is 10.0 Å². The SMILES string of the molecule is Oc1cc(F)c(Cl)cc1-c1ccc(F)cc1Cl. The summed E-state index contributed by atoms with van der Waals surface area (Å²) in [6.07, 6.45) is 0. The third kappa shape index (κ3) is 2.35. The van der Waals surface area contributed by atoms with Gasteiger partial charge in [0.25, 0.3) is 0 Å². The van der Waals surface area contributed by atoms with E-state index in [0.29, 0.717) is 5.56 Å². The maximum absolute atomic E-state index is 13.1. The number of rotatable bonds is 1. The van der Waals surface area contributed by atoms with E-state index in [0.717, 1.165) is 12.1 Å². The van der Waals surface area contributed by atoms with E-state index in [9.17, 15) is 13.9 Å². The van der Waals surface area contributed by atoms with Crippen molar-refractivity contribution >= 4 is 23.2 Å². The summed E-state index contributed by atoms with van der Waals surface area (Å²) in [5.41, 5.74) is 0.633. The van der Waals surface area contributed by atoms with E-state index in [1.807, 2.05) is 0 Å². The van der Waals surface area contributed by atoms with Crippen LogP contribution in [0.5, 0.6) is 5.75 Å². The van der Waals surface area contributed by atoms with Gasteiger partial charge in [0.2, 0.25) is 0 Å². The molecule has 2 rings (SSSR count). The molecule has 0 spiro atoms. The van der Waals surface area contributed by atoms with E-state index >= 15 is 0 Å². The quantitative estimate of drug-likeness (QED) is 0.803. The highest BCUT2D eigenvalue weighted by molar-refractivity contribution is 6.34. The molecule has 0 aromatic heterocycles. The molecule has 17 heavy (non-hydrogen) atoms. The molecule has 88 valence electrons. The van der Waals surface area contributed by atoms with Gasteiger partial charge in [-0.2, -0.15) is 0 Å². The summed E-state index contributed by atoms with van der Waals surface area (Å²) >= 11 is 11.5. The number of phenols is 1. The topological polar surface area (TPSA) is 20.2 Å². The Kier molecular flexibility index (Phi) is 3.22. The van der Waals surface area contributed by atoms with Gasteiger partial charge >= 0.3 is 0 Å². The molecule has 1 nitrogen and oxygen atoms in total. The van der Waals surface area contributed by atoms with Crippen LogP contribution in [-0.2, 0) is 0 Å². The molecule has 0 saturated carbocycles. The van der Waals surface area contributed by atoms with Crippen LogP contribution in [0.3, 0.4) is 0 Å². The second-order valence-corrected chi connectivity index (χ2v) is 4.22. The minimum atomic E-state index is -0.730. The molecule has 0 atom stereocenters.